The Bertz CT molecular complexity index is 983. The fourth-order valence-corrected chi connectivity index (χ4v) is 3.01. The lowest BCUT2D eigenvalue weighted by atomic mass is 10.1. The van der Waals surface area contributed by atoms with Crippen LogP contribution in [0.2, 0.25) is 5.02 Å². The number of nitrogens with one attached hydrogen (secondary N) is 2. The van der Waals surface area contributed by atoms with Crippen molar-refractivity contribution >= 4 is 41.0 Å². The van der Waals surface area contributed by atoms with Crippen LogP contribution in [0.3, 0.4) is 0 Å². The van der Waals surface area contributed by atoms with Crippen molar-refractivity contribution in [3.63, 3.8) is 0 Å². The molecule has 0 aliphatic carbocycles. The van der Waals surface area contributed by atoms with Gasteiger partial charge in [0.1, 0.15) is 5.82 Å². The number of esters is 1. The van der Waals surface area contributed by atoms with Crippen LogP contribution in [0.1, 0.15) is 16.8 Å². The molecule has 0 radical (unpaired) electrons. The fraction of sp³-hybridized carbons (Fsp3) is 0.200. The molecule has 0 aromatic heterocycles. The van der Waals surface area contributed by atoms with E-state index in [0.717, 1.165) is 5.01 Å². The van der Waals surface area contributed by atoms with Crippen molar-refractivity contribution in [1.29, 1.82) is 0 Å². The van der Waals surface area contributed by atoms with Crippen LogP contribution < -0.4 is 10.7 Å². The molecule has 0 spiro atoms. The minimum absolute atomic E-state index is 0.0898. The predicted molar refractivity (Wildman–Crippen MR) is 105 cm³/mol. The zero-order valence-electron chi connectivity index (χ0n) is 15.6. The third-order valence-electron chi connectivity index (χ3n) is 4.29. The van der Waals surface area contributed by atoms with E-state index < -0.39 is 42.0 Å². The molecule has 1 aliphatic rings. The van der Waals surface area contributed by atoms with Gasteiger partial charge in [0, 0.05) is 12.1 Å². The highest BCUT2D eigenvalue weighted by Crippen LogP contribution is 2.19. The second-order valence-corrected chi connectivity index (χ2v) is 6.90. The van der Waals surface area contributed by atoms with Crippen molar-refractivity contribution in [2.75, 3.05) is 18.5 Å². The Balaban J connectivity index is 1.48. The number of hydrazine groups is 1. The lowest BCUT2D eigenvalue weighted by molar-refractivity contribution is -0.151. The summed E-state index contributed by atoms with van der Waals surface area (Å²) < 4.78 is 17.8. The molecule has 30 heavy (non-hydrogen) atoms. The first-order valence-electron chi connectivity index (χ1n) is 8.91. The normalized spacial score (nSPS) is 15.6. The van der Waals surface area contributed by atoms with Crippen molar-refractivity contribution in [3.8, 4) is 0 Å². The smallest absolute Gasteiger partial charge is 0.311 e. The number of benzene rings is 2. The summed E-state index contributed by atoms with van der Waals surface area (Å²) in [5.74, 6) is -3.68. The Morgan fingerprint density at radius 2 is 1.83 bits per heavy atom. The Kier molecular flexibility index (Phi) is 6.63. The lowest BCUT2D eigenvalue weighted by Crippen LogP contribution is -2.43. The summed E-state index contributed by atoms with van der Waals surface area (Å²) in [6.45, 7) is -0.652. The molecule has 156 valence electrons. The van der Waals surface area contributed by atoms with Gasteiger partial charge in [-0.15, -0.1) is 0 Å². The number of rotatable bonds is 6. The van der Waals surface area contributed by atoms with Gasteiger partial charge >= 0.3 is 5.97 Å². The number of anilines is 1. The third kappa shape index (κ3) is 5.32. The van der Waals surface area contributed by atoms with Crippen molar-refractivity contribution < 1.29 is 28.3 Å². The SMILES string of the molecule is O=C(COC(=O)[C@H]1CC(=O)N(NC(=O)c2ccccc2Cl)C1)Nc1ccc(F)cc1. The maximum Gasteiger partial charge on any atom is 0.311 e. The summed E-state index contributed by atoms with van der Waals surface area (Å²) in [6, 6.07) is 11.4. The third-order valence-corrected chi connectivity index (χ3v) is 4.62. The average Bonchev–Trinajstić information content (AvgIpc) is 3.08. The van der Waals surface area contributed by atoms with Crippen LogP contribution in [-0.2, 0) is 19.1 Å². The summed E-state index contributed by atoms with van der Waals surface area (Å²) in [5, 5.41) is 3.70. The molecule has 2 aromatic carbocycles. The molecule has 0 unspecified atom stereocenters. The maximum absolute atomic E-state index is 12.9. The van der Waals surface area contributed by atoms with Crippen molar-refractivity contribution in [2.45, 2.75) is 6.42 Å². The van der Waals surface area contributed by atoms with Crippen LogP contribution in [-0.4, -0.2) is 41.9 Å². The number of carbonyl (C=O) groups excluding carboxylic acids is 4. The molecule has 0 saturated carbocycles. The Morgan fingerprint density at radius 3 is 2.53 bits per heavy atom. The molecule has 0 bridgehead atoms. The number of hydrogen-bond acceptors (Lipinski definition) is 5. The molecule has 1 aliphatic heterocycles. The molecule has 1 saturated heterocycles. The fourth-order valence-electron chi connectivity index (χ4n) is 2.79. The van der Waals surface area contributed by atoms with E-state index in [1.54, 1.807) is 18.2 Å². The molecular formula is C20H17ClFN3O5. The van der Waals surface area contributed by atoms with E-state index in [2.05, 4.69) is 10.7 Å². The first-order valence-corrected chi connectivity index (χ1v) is 9.29. The highest BCUT2D eigenvalue weighted by atomic mass is 35.5. The standard InChI is InChI=1S/C20H17ClFN3O5/c21-16-4-2-1-3-15(16)19(28)24-25-10-12(9-18(25)27)20(29)30-11-17(26)23-14-7-5-13(22)6-8-14/h1-8,12H,9-11H2,(H,23,26)(H,24,28)/t12-/m0/s1. The zero-order chi connectivity index (χ0) is 21.7. The van der Waals surface area contributed by atoms with E-state index in [1.165, 1.54) is 30.3 Å². The van der Waals surface area contributed by atoms with Gasteiger partial charge in [0.05, 0.1) is 23.0 Å². The molecule has 3 amide bonds. The quantitative estimate of drug-likeness (QED) is 0.679. The number of hydrogen-bond donors (Lipinski definition) is 2. The molecular weight excluding hydrogens is 417 g/mol. The number of carbonyl (C=O) groups is 4. The van der Waals surface area contributed by atoms with Crippen molar-refractivity contribution in [1.82, 2.24) is 10.4 Å². The molecule has 1 fully saturated rings. The van der Waals surface area contributed by atoms with Gasteiger partial charge in [0.25, 0.3) is 11.8 Å². The van der Waals surface area contributed by atoms with Crippen LogP contribution >= 0.6 is 11.6 Å². The summed E-state index contributed by atoms with van der Waals surface area (Å²) in [7, 11) is 0. The number of ether oxygens (including phenoxy) is 1. The zero-order valence-corrected chi connectivity index (χ0v) is 16.3. The highest BCUT2D eigenvalue weighted by molar-refractivity contribution is 6.33. The molecule has 1 heterocycles. The van der Waals surface area contributed by atoms with Crippen LogP contribution in [0.15, 0.2) is 48.5 Å². The van der Waals surface area contributed by atoms with Gasteiger partial charge in [-0.05, 0) is 36.4 Å². The summed E-state index contributed by atoms with van der Waals surface area (Å²) in [5.41, 5.74) is 2.95. The first kappa shape index (κ1) is 21.3. The molecule has 10 heteroatoms. The molecule has 2 N–H and O–H groups in total. The largest absolute Gasteiger partial charge is 0.455 e. The van der Waals surface area contributed by atoms with Gasteiger partial charge in [-0.1, -0.05) is 23.7 Å². The second kappa shape index (κ2) is 9.36. The minimum Gasteiger partial charge on any atom is -0.455 e. The highest BCUT2D eigenvalue weighted by Gasteiger charge is 2.36. The summed E-state index contributed by atoms with van der Waals surface area (Å²) in [4.78, 5) is 48.4. The van der Waals surface area contributed by atoms with Crippen LogP contribution in [0.4, 0.5) is 10.1 Å². The van der Waals surface area contributed by atoms with Gasteiger partial charge in [-0.3, -0.25) is 29.6 Å². The van der Waals surface area contributed by atoms with Gasteiger partial charge in [-0.25, -0.2) is 4.39 Å². The number of amides is 3. The topological polar surface area (TPSA) is 105 Å². The van der Waals surface area contributed by atoms with Crippen LogP contribution in [0.25, 0.3) is 0 Å². The molecule has 3 rings (SSSR count). The predicted octanol–water partition coefficient (Wildman–Crippen LogP) is 2.15. The summed E-state index contributed by atoms with van der Waals surface area (Å²) >= 11 is 5.96. The molecule has 8 nitrogen and oxygen atoms in total. The number of halogens is 2. The van der Waals surface area contributed by atoms with E-state index in [-0.39, 0.29) is 23.6 Å². The van der Waals surface area contributed by atoms with Gasteiger partial charge in [-0.2, -0.15) is 0 Å². The Labute approximate surface area is 175 Å². The Morgan fingerprint density at radius 1 is 1.13 bits per heavy atom. The molecule has 1 atom stereocenters. The van der Waals surface area contributed by atoms with Gasteiger partial charge in [0.2, 0.25) is 5.91 Å². The maximum atomic E-state index is 12.9. The molecule has 2 aromatic rings. The van der Waals surface area contributed by atoms with E-state index >= 15 is 0 Å². The summed E-state index contributed by atoms with van der Waals surface area (Å²) in [6.07, 6.45) is -0.165. The van der Waals surface area contributed by atoms with E-state index in [9.17, 15) is 23.6 Å². The van der Waals surface area contributed by atoms with E-state index in [0.29, 0.717) is 5.69 Å². The van der Waals surface area contributed by atoms with Gasteiger partial charge in [0.15, 0.2) is 6.61 Å². The van der Waals surface area contributed by atoms with Crippen molar-refractivity contribution in [2.24, 2.45) is 5.92 Å². The lowest BCUT2D eigenvalue weighted by Gasteiger charge is -2.18. The van der Waals surface area contributed by atoms with E-state index in [4.69, 9.17) is 16.3 Å². The second-order valence-electron chi connectivity index (χ2n) is 6.49. The number of nitrogens with zero attached hydrogens (tertiary/aromatic N) is 1. The average molecular weight is 434 g/mol. The Hall–Kier alpha value is -3.46. The van der Waals surface area contributed by atoms with Crippen molar-refractivity contribution in [3.05, 3.63) is 64.9 Å². The van der Waals surface area contributed by atoms with Crippen LogP contribution in [0, 0.1) is 11.7 Å². The van der Waals surface area contributed by atoms with E-state index in [1.807, 2.05) is 0 Å². The monoisotopic (exact) mass is 433 g/mol. The van der Waals surface area contributed by atoms with Gasteiger partial charge < -0.3 is 10.1 Å². The van der Waals surface area contributed by atoms with Crippen LogP contribution in [0.5, 0.6) is 0 Å². The first-order chi connectivity index (χ1) is 14.3. The minimum atomic E-state index is -0.831.